The van der Waals surface area contributed by atoms with E-state index in [0.29, 0.717) is 13.2 Å². The van der Waals surface area contributed by atoms with Gasteiger partial charge in [0.2, 0.25) is 0 Å². The van der Waals surface area contributed by atoms with Crippen molar-refractivity contribution in [2.75, 3.05) is 33.4 Å². The van der Waals surface area contributed by atoms with Crippen LogP contribution in [-0.2, 0) is 4.74 Å². The summed E-state index contributed by atoms with van der Waals surface area (Å²) in [6, 6.07) is 4.07. The second kappa shape index (κ2) is 8.98. The van der Waals surface area contributed by atoms with E-state index in [9.17, 15) is 5.11 Å². The molecule has 0 saturated carbocycles. The Hall–Kier alpha value is -1.01. The summed E-state index contributed by atoms with van der Waals surface area (Å²) >= 11 is 0. The summed E-state index contributed by atoms with van der Waals surface area (Å²) in [5, 5.41) is 9.25. The lowest BCUT2D eigenvalue weighted by atomic mass is 9.97. The molecule has 0 aliphatic rings. The molecule has 0 aliphatic carbocycles. The third-order valence-electron chi connectivity index (χ3n) is 3.29. The van der Waals surface area contributed by atoms with E-state index in [1.165, 1.54) is 0 Å². The van der Waals surface area contributed by atoms with Crippen molar-refractivity contribution in [1.82, 2.24) is 9.88 Å². The summed E-state index contributed by atoms with van der Waals surface area (Å²) in [5.74, 6) is 0. The zero-order valence-corrected chi connectivity index (χ0v) is 11.8. The Morgan fingerprint density at radius 3 is 2.58 bits per heavy atom. The fourth-order valence-electron chi connectivity index (χ4n) is 2.24. The molecule has 0 aromatic carbocycles. The van der Waals surface area contributed by atoms with Gasteiger partial charge in [-0.15, -0.1) is 0 Å². The molecule has 108 valence electrons. The fraction of sp³-hybridized carbons (Fsp3) is 0.643. The number of ether oxygens (including phenoxy) is 1. The summed E-state index contributed by atoms with van der Waals surface area (Å²) in [6.07, 6.45) is 4.43. The highest BCUT2D eigenvalue weighted by Crippen LogP contribution is 2.24. The molecule has 1 rings (SSSR count). The molecule has 2 atom stereocenters. The van der Waals surface area contributed by atoms with Gasteiger partial charge in [0.1, 0.15) is 0 Å². The van der Waals surface area contributed by atoms with Gasteiger partial charge in [0, 0.05) is 38.6 Å². The molecule has 2 unspecified atom stereocenters. The van der Waals surface area contributed by atoms with Gasteiger partial charge in [-0.25, -0.2) is 0 Å². The van der Waals surface area contributed by atoms with Gasteiger partial charge in [-0.05, 0) is 24.1 Å². The molecular weight excluding hydrogens is 242 g/mol. The number of pyridine rings is 1. The number of nitrogens with zero attached hydrogens (tertiary/aromatic N) is 2. The second-order valence-electron chi connectivity index (χ2n) is 4.55. The normalized spacial score (nSPS) is 14.6. The monoisotopic (exact) mass is 267 g/mol. The number of aromatic nitrogens is 1. The molecule has 3 N–H and O–H groups in total. The molecule has 0 amide bonds. The number of aliphatic hydroxyl groups is 1. The molecule has 0 aliphatic heterocycles. The van der Waals surface area contributed by atoms with E-state index in [0.717, 1.165) is 18.5 Å². The largest absolute Gasteiger partial charge is 0.395 e. The quantitative estimate of drug-likeness (QED) is 0.692. The van der Waals surface area contributed by atoms with Gasteiger partial charge in [-0.3, -0.25) is 9.88 Å². The lowest BCUT2D eigenvalue weighted by Gasteiger charge is -2.35. The van der Waals surface area contributed by atoms with Crippen molar-refractivity contribution in [3.05, 3.63) is 30.1 Å². The maximum atomic E-state index is 9.25. The van der Waals surface area contributed by atoms with Crippen LogP contribution in [0.3, 0.4) is 0 Å². The predicted molar refractivity (Wildman–Crippen MR) is 75.8 cm³/mol. The van der Waals surface area contributed by atoms with Crippen molar-refractivity contribution < 1.29 is 9.84 Å². The number of rotatable bonds is 9. The van der Waals surface area contributed by atoms with Crippen LogP contribution in [0.4, 0.5) is 0 Å². The van der Waals surface area contributed by atoms with Crippen LogP contribution < -0.4 is 5.73 Å². The summed E-state index contributed by atoms with van der Waals surface area (Å²) in [5.41, 5.74) is 7.40. The minimum absolute atomic E-state index is 0.0193. The Labute approximate surface area is 115 Å². The third kappa shape index (κ3) is 4.87. The molecule has 0 spiro atoms. The van der Waals surface area contributed by atoms with Crippen molar-refractivity contribution in [3.63, 3.8) is 0 Å². The van der Waals surface area contributed by atoms with Crippen LogP contribution in [0.1, 0.15) is 24.9 Å². The molecule has 0 bridgehead atoms. The highest BCUT2D eigenvalue weighted by atomic mass is 16.5. The highest BCUT2D eigenvalue weighted by Gasteiger charge is 2.25. The van der Waals surface area contributed by atoms with Gasteiger partial charge >= 0.3 is 0 Å². The van der Waals surface area contributed by atoms with Crippen LogP contribution in [0.25, 0.3) is 0 Å². The minimum atomic E-state index is 0.0193. The number of hydrogen-bond acceptors (Lipinski definition) is 5. The first-order valence-corrected chi connectivity index (χ1v) is 6.73. The maximum absolute atomic E-state index is 9.25. The Kier molecular flexibility index (Phi) is 7.59. The van der Waals surface area contributed by atoms with Gasteiger partial charge < -0.3 is 15.6 Å². The highest BCUT2D eigenvalue weighted by molar-refractivity contribution is 5.17. The van der Waals surface area contributed by atoms with Crippen molar-refractivity contribution in [1.29, 1.82) is 0 Å². The molecule has 5 nitrogen and oxygen atoms in total. The minimum Gasteiger partial charge on any atom is -0.395 e. The van der Waals surface area contributed by atoms with Gasteiger partial charge in [-0.2, -0.15) is 0 Å². The molecule has 5 heteroatoms. The van der Waals surface area contributed by atoms with E-state index in [-0.39, 0.29) is 18.7 Å². The van der Waals surface area contributed by atoms with Gasteiger partial charge in [0.25, 0.3) is 0 Å². The first-order chi connectivity index (χ1) is 9.24. The topological polar surface area (TPSA) is 71.6 Å². The summed E-state index contributed by atoms with van der Waals surface area (Å²) in [4.78, 5) is 6.22. The molecule has 1 aromatic heterocycles. The molecular formula is C14H25N3O2. The summed E-state index contributed by atoms with van der Waals surface area (Å²) in [6.45, 7) is 4.15. The van der Waals surface area contributed by atoms with Gasteiger partial charge in [0.05, 0.1) is 19.3 Å². The SMILES string of the molecule is CCC(N)C(c1ccncc1)N(CCO)CCOC. The molecule has 0 saturated heterocycles. The fourth-order valence-corrected chi connectivity index (χ4v) is 2.24. The smallest absolute Gasteiger partial charge is 0.0589 e. The van der Waals surface area contributed by atoms with Crippen molar-refractivity contribution in [2.45, 2.75) is 25.4 Å². The maximum Gasteiger partial charge on any atom is 0.0589 e. The first kappa shape index (κ1) is 16.0. The Morgan fingerprint density at radius 2 is 2.05 bits per heavy atom. The molecule has 1 aromatic rings. The lowest BCUT2D eigenvalue weighted by molar-refractivity contribution is 0.0899. The Balaban J connectivity index is 2.92. The Morgan fingerprint density at radius 1 is 1.37 bits per heavy atom. The first-order valence-electron chi connectivity index (χ1n) is 6.73. The van der Waals surface area contributed by atoms with Crippen LogP contribution in [0.15, 0.2) is 24.5 Å². The van der Waals surface area contributed by atoms with E-state index < -0.39 is 0 Å². The molecule has 0 fully saturated rings. The van der Waals surface area contributed by atoms with Crippen LogP contribution in [0, 0.1) is 0 Å². The standard InChI is InChI=1S/C14H25N3O2/c1-3-13(15)14(12-4-6-16-7-5-12)17(8-10-18)9-11-19-2/h4-7,13-14,18H,3,8-11,15H2,1-2H3. The average molecular weight is 267 g/mol. The lowest BCUT2D eigenvalue weighted by Crippen LogP contribution is -2.43. The molecule has 19 heavy (non-hydrogen) atoms. The summed E-state index contributed by atoms with van der Waals surface area (Å²) in [7, 11) is 1.68. The van der Waals surface area contributed by atoms with E-state index in [4.69, 9.17) is 10.5 Å². The number of methoxy groups -OCH3 is 1. The van der Waals surface area contributed by atoms with Gasteiger partial charge in [0.15, 0.2) is 0 Å². The zero-order valence-electron chi connectivity index (χ0n) is 11.8. The van der Waals surface area contributed by atoms with Crippen LogP contribution in [0.2, 0.25) is 0 Å². The Bertz CT molecular complexity index is 335. The van der Waals surface area contributed by atoms with E-state index in [2.05, 4.69) is 16.8 Å². The van der Waals surface area contributed by atoms with Crippen molar-refractivity contribution in [2.24, 2.45) is 5.73 Å². The predicted octanol–water partition coefficient (Wildman–Crippen LogP) is 0.801. The number of nitrogens with two attached hydrogens (primary N) is 1. The van der Waals surface area contributed by atoms with Crippen LogP contribution in [0.5, 0.6) is 0 Å². The molecule has 1 heterocycles. The number of hydrogen-bond donors (Lipinski definition) is 2. The van der Waals surface area contributed by atoms with Crippen molar-refractivity contribution >= 4 is 0 Å². The number of aliphatic hydroxyl groups excluding tert-OH is 1. The van der Waals surface area contributed by atoms with E-state index in [1.807, 2.05) is 12.1 Å². The van der Waals surface area contributed by atoms with Crippen LogP contribution >= 0.6 is 0 Å². The third-order valence-corrected chi connectivity index (χ3v) is 3.29. The zero-order chi connectivity index (χ0) is 14.1. The summed E-state index contributed by atoms with van der Waals surface area (Å²) < 4.78 is 5.14. The average Bonchev–Trinajstić information content (AvgIpc) is 2.46. The van der Waals surface area contributed by atoms with E-state index >= 15 is 0 Å². The molecule has 0 radical (unpaired) electrons. The van der Waals surface area contributed by atoms with Crippen LogP contribution in [-0.4, -0.2) is 54.4 Å². The van der Waals surface area contributed by atoms with Gasteiger partial charge in [-0.1, -0.05) is 6.92 Å². The van der Waals surface area contributed by atoms with Crippen molar-refractivity contribution in [3.8, 4) is 0 Å². The second-order valence-corrected chi connectivity index (χ2v) is 4.55. The van der Waals surface area contributed by atoms with E-state index in [1.54, 1.807) is 19.5 Å².